The molecule has 0 bridgehead atoms. The first-order valence-electron chi connectivity index (χ1n) is 7.72. The monoisotopic (exact) mass is 257 g/mol. The van der Waals surface area contributed by atoms with Crippen LogP contribution in [0.2, 0.25) is 0 Å². The highest BCUT2D eigenvalue weighted by atomic mass is 14.9. The van der Waals surface area contributed by atoms with Crippen LogP contribution in [0.3, 0.4) is 0 Å². The zero-order chi connectivity index (χ0) is 13.5. The third-order valence-corrected chi connectivity index (χ3v) is 3.88. The molecule has 104 valence electrons. The Labute approximate surface area is 118 Å². The van der Waals surface area contributed by atoms with Crippen LogP contribution < -0.4 is 5.32 Å². The lowest BCUT2D eigenvalue weighted by atomic mass is 9.97. The number of nitrogens with one attached hydrogen (secondary N) is 1. The van der Waals surface area contributed by atoms with Crippen molar-refractivity contribution in [3.63, 3.8) is 0 Å². The normalized spacial score (nSPS) is 16.7. The summed E-state index contributed by atoms with van der Waals surface area (Å²) in [5, 5.41) is 3.75. The Hall–Kier alpha value is -1.08. The van der Waals surface area contributed by atoms with Crippen LogP contribution in [0.5, 0.6) is 0 Å². The van der Waals surface area contributed by atoms with Crippen molar-refractivity contribution >= 4 is 0 Å². The average Bonchev–Trinajstić information content (AvgIpc) is 2.91. The van der Waals surface area contributed by atoms with Crippen molar-refractivity contribution in [3.05, 3.63) is 47.5 Å². The lowest BCUT2D eigenvalue weighted by Gasteiger charge is -2.21. The van der Waals surface area contributed by atoms with Gasteiger partial charge in [-0.2, -0.15) is 0 Å². The lowest BCUT2D eigenvalue weighted by molar-refractivity contribution is 0.431. The summed E-state index contributed by atoms with van der Waals surface area (Å²) >= 11 is 0. The zero-order valence-electron chi connectivity index (χ0n) is 12.4. The van der Waals surface area contributed by atoms with Crippen LogP contribution >= 0.6 is 0 Å². The largest absolute Gasteiger partial charge is 0.310 e. The molecule has 0 radical (unpaired) electrons. The smallest absolute Gasteiger partial charge is 0.0322 e. The third kappa shape index (κ3) is 4.83. The van der Waals surface area contributed by atoms with Crippen LogP contribution in [-0.2, 0) is 0 Å². The van der Waals surface area contributed by atoms with Gasteiger partial charge in [-0.25, -0.2) is 0 Å². The van der Waals surface area contributed by atoms with Crippen LogP contribution in [0.15, 0.2) is 42.0 Å². The Morgan fingerprint density at radius 1 is 1.16 bits per heavy atom. The molecule has 0 saturated heterocycles. The quantitative estimate of drug-likeness (QED) is 0.688. The number of hydrogen-bond donors (Lipinski definition) is 1. The molecule has 1 aromatic carbocycles. The van der Waals surface area contributed by atoms with Crippen LogP contribution in [-0.4, -0.2) is 6.54 Å². The van der Waals surface area contributed by atoms with E-state index in [1.54, 1.807) is 5.57 Å². The van der Waals surface area contributed by atoms with E-state index in [2.05, 4.69) is 55.6 Å². The van der Waals surface area contributed by atoms with Crippen molar-refractivity contribution < 1.29 is 0 Å². The predicted octanol–water partition coefficient (Wildman–Crippen LogP) is 4.86. The van der Waals surface area contributed by atoms with Gasteiger partial charge in [-0.1, -0.05) is 55.8 Å². The van der Waals surface area contributed by atoms with Gasteiger partial charge in [-0.15, -0.1) is 0 Å². The van der Waals surface area contributed by atoms with Gasteiger partial charge in [0.05, 0.1) is 0 Å². The molecule has 1 nitrogen and oxygen atoms in total. The SMILES string of the molecule is CC(C)CC(NCCC1=CCCC1)c1ccccc1. The van der Waals surface area contributed by atoms with E-state index in [-0.39, 0.29) is 0 Å². The molecule has 1 N–H and O–H groups in total. The van der Waals surface area contributed by atoms with E-state index in [9.17, 15) is 0 Å². The minimum Gasteiger partial charge on any atom is -0.310 e. The van der Waals surface area contributed by atoms with Crippen molar-refractivity contribution in [2.24, 2.45) is 5.92 Å². The Morgan fingerprint density at radius 2 is 1.95 bits per heavy atom. The van der Waals surface area contributed by atoms with E-state index in [4.69, 9.17) is 0 Å². The maximum atomic E-state index is 3.75. The topological polar surface area (TPSA) is 12.0 Å². The molecule has 1 aliphatic carbocycles. The minimum absolute atomic E-state index is 0.503. The third-order valence-electron chi connectivity index (χ3n) is 3.88. The van der Waals surface area contributed by atoms with E-state index in [0.29, 0.717) is 6.04 Å². The van der Waals surface area contributed by atoms with Gasteiger partial charge in [0.15, 0.2) is 0 Å². The average molecular weight is 257 g/mol. The summed E-state index contributed by atoms with van der Waals surface area (Å²) < 4.78 is 0. The minimum atomic E-state index is 0.503. The first-order chi connectivity index (χ1) is 9.25. The molecule has 19 heavy (non-hydrogen) atoms. The van der Waals surface area contributed by atoms with Crippen LogP contribution in [0.4, 0.5) is 0 Å². The standard InChI is InChI=1S/C18H27N/c1-15(2)14-18(17-10-4-3-5-11-17)19-13-12-16-8-6-7-9-16/h3-5,8,10-11,15,18-19H,6-7,9,12-14H2,1-2H3. The Bertz CT molecular complexity index is 391. The summed E-state index contributed by atoms with van der Waals surface area (Å²) in [7, 11) is 0. The number of benzene rings is 1. The molecule has 1 atom stereocenters. The summed E-state index contributed by atoms with van der Waals surface area (Å²) in [6, 6.07) is 11.4. The predicted molar refractivity (Wildman–Crippen MR) is 83.2 cm³/mol. The molecule has 1 aromatic rings. The molecule has 1 aliphatic rings. The first-order valence-corrected chi connectivity index (χ1v) is 7.72. The first kappa shape index (κ1) is 14.3. The van der Waals surface area contributed by atoms with Gasteiger partial charge < -0.3 is 5.32 Å². The second-order valence-electron chi connectivity index (χ2n) is 6.05. The van der Waals surface area contributed by atoms with Gasteiger partial charge in [-0.3, -0.25) is 0 Å². The Kier molecular flexibility index (Phi) is 5.65. The van der Waals surface area contributed by atoms with E-state index in [1.165, 1.54) is 37.7 Å². The highest BCUT2D eigenvalue weighted by Crippen LogP contribution is 2.23. The van der Waals surface area contributed by atoms with E-state index in [0.717, 1.165) is 12.5 Å². The lowest BCUT2D eigenvalue weighted by Crippen LogP contribution is -2.24. The van der Waals surface area contributed by atoms with Crippen molar-refractivity contribution in [3.8, 4) is 0 Å². The highest BCUT2D eigenvalue weighted by molar-refractivity contribution is 5.19. The maximum absolute atomic E-state index is 3.75. The molecule has 0 aliphatic heterocycles. The fourth-order valence-corrected chi connectivity index (χ4v) is 2.87. The molecule has 0 amide bonds. The summed E-state index contributed by atoms with van der Waals surface area (Å²) in [6.45, 7) is 5.71. The van der Waals surface area contributed by atoms with Crippen molar-refractivity contribution in [1.82, 2.24) is 5.32 Å². The van der Waals surface area contributed by atoms with Gasteiger partial charge >= 0.3 is 0 Å². The molecular formula is C18H27N. The molecule has 0 aromatic heterocycles. The van der Waals surface area contributed by atoms with Crippen LogP contribution in [0.25, 0.3) is 0 Å². The number of allylic oxidation sites excluding steroid dienone is 1. The molecular weight excluding hydrogens is 230 g/mol. The molecule has 0 spiro atoms. The van der Waals surface area contributed by atoms with Crippen molar-refractivity contribution in [1.29, 1.82) is 0 Å². The molecule has 0 heterocycles. The van der Waals surface area contributed by atoms with E-state index >= 15 is 0 Å². The zero-order valence-corrected chi connectivity index (χ0v) is 12.4. The Morgan fingerprint density at radius 3 is 2.58 bits per heavy atom. The fourth-order valence-electron chi connectivity index (χ4n) is 2.87. The summed E-state index contributed by atoms with van der Waals surface area (Å²) in [6.07, 6.45) is 8.85. The van der Waals surface area contributed by atoms with Gasteiger partial charge in [0.1, 0.15) is 0 Å². The van der Waals surface area contributed by atoms with Gasteiger partial charge in [0.25, 0.3) is 0 Å². The van der Waals surface area contributed by atoms with Gasteiger partial charge in [0.2, 0.25) is 0 Å². The van der Waals surface area contributed by atoms with E-state index < -0.39 is 0 Å². The van der Waals surface area contributed by atoms with Gasteiger partial charge in [0, 0.05) is 6.04 Å². The molecule has 0 saturated carbocycles. The second kappa shape index (κ2) is 7.49. The van der Waals surface area contributed by atoms with Crippen molar-refractivity contribution in [2.45, 2.75) is 52.0 Å². The molecule has 1 unspecified atom stereocenters. The summed E-state index contributed by atoms with van der Waals surface area (Å²) in [5.41, 5.74) is 3.08. The van der Waals surface area contributed by atoms with Crippen molar-refractivity contribution in [2.75, 3.05) is 6.54 Å². The van der Waals surface area contributed by atoms with E-state index in [1.807, 2.05) is 0 Å². The number of hydrogen-bond acceptors (Lipinski definition) is 1. The molecule has 1 heteroatoms. The molecule has 2 rings (SSSR count). The van der Waals surface area contributed by atoms with Crippen LogP contribution in [0.1, 0.15) is 57.6 Å². The number of rotatable bonds is 7. The fraction of sp³-hybridized carbons (Fsp3) is 0.556. The maximum Gasteiger partial charge on any atom is 0.0322 e. The summed E-state index contributed by atoms with van der Waals surface area (Å²) in [4.78, 5) is 0. The molecule has 0 fully saturated rings. The highest BCUT2D eigenvalue weighted by Gasteiger charge is 2.13. The Balaban J connectivity index is 1.87. The van der Waals surface area contributed by atoms with Crippen LogP contribution in [0, 0.1) is 5.92 Å². The van der Waals surface area contributed by atoms with Gasteiger partial charge in [-0.05, 0) is 50.1 Å². The summed E-state index contributed by atoms with van der Waals surface area (Å²) in [5.74, 6) is 0.725. The second-order valence-corrected chi connectivity index (χ2v) is 6.05.